The smallest absolute Gasteiger partial charge is 0.106 e. The van der Waals surface area contributed by atoms with Crippen LogP contribution in [-0.2, 0) is 4.74 Å². The Morgan fingerprint density at radius 1 is 1.21 bits per heavy atom. The minimum absolute atomic E-state index is 0.404. The first-order chi connectivity index (χ1) is 6.66. The molecule has 2 aliphatic heterocycles. The quantitative estimate of drug-likeness (QED) is 0.680. The minimum atomic E-state index is -0.772. The lowest BCUT2D eigenvalue weighted by Crippen LogP contribution is -2.65. The van der Waals surface area contributed by atoms with Crippen molar-refractivity contribution >= 4 is 11.8 Å². The maximum atomic E-state index is 10.5. The van der Waals surface area contributed by atoms with Crippen molar-refractivity contribution in [3.63, 3.8) is 0 Å². The van der Waals surface area contributed by atoms with Gasteiger partial charge in [0.15, 0.2) is 0 Å². The summed E-state index contributed by atoms with van der Waals surface area (Å²) in [6, 6.07) is 0. The standard InChI is InChI=1S/C10H19NO2S/c11-9(3-6-14-7-4-9)10(12)2-1-5-13-8-10/h12H,1-8,11H2. The van der Waals surface area contributed by atoms with Crippen LogP contribution in [0.3, 0.4) is 0 Å². The van der Waals surface area contributed by atoms with E-state index in [1.807, 2.05) is 11.8 Å². The van der Waals surface area contributed by atoms with Crippen LogP contribution in [0.5, 0.6) is 0 Å². The molecule has 2 aliphatic rings. The Kier molecular flexibility index (Phi) is 3.07. The normalized spacial score (nSPS) is 38.1. The van der Waals surface area contributed by atoms with Crippen molar-refractivity contribution in [3.8, 4) is 0 Å². The van der Waals surface area contributed by atoms with Crippen LogP contribution in [0.4, 0.5) is 0 Å². The van der Waals surface area contributed by atoms with Gasteiger partial charge in [0.05, 0.1) is 6.61 Å². The number of nitrogens with two attached hydrogens (primary N) is 1. The van der Waals surface area contributed by atoms with E-state index in [1.165, 1.54) is 0 Å². The first kappa shape index (κ1) is 10.7. The number of aliphatic hydroxyl groups is 1. The molecular weight excluding hydrogens is 198 g/mol. The third-order valence-corrected chi connectivity index (χ3v) is 4.52. The number of ether oxygens (including phenoxy) is 1. The van der Waals surface area contributed by atoms with Crippen LogP contribution < -0.4 is 5.73 Å². The Labute approximate surface area is 89.4 Å². The highest BCUT2D eigenvalue weighted by Gasteiger charge is 2.48. The molecule has 0 amide bonds. The Morgan fingerprint density at radius 2 is 1.93 bits per heavy atom. The summed E-state index contributed by atoms with van der Waals surface area (Å²) in [6.07, 6.45) is 3.56. The first-order valence-corrected chi connectivity index (χ1v) is 6.49. The Bertz CT molecular complexity index is 176. The average molecular weight is 217 g/mol. The highest BCUT2D eigenvalue weighted by Crippen LogP contribution is 2.38. The van der Waals surface area contributed by atoms with Crippen LogP contribution in [0.2, 0.25) is 0 Å². The molecular formula is C10H19NO2S. The van der Waals surface area contributed by atoms with E-state index < -0.39 is 11.1 Å². The maximum absolute atomic E-state index is 10.5. The molecule has 1 unspecified atom stereocenters. The number of hydrogen-bond acceptors (Lipinski definition) is 4. The summed E-state index contributed by atoms with van der Waals surface area (Å²) in [5.41, 5.74) is 5.15. The van der Waals surface area contributed by atoms with Gasteiger partial charge in [-0.3, -0.25) is 0 Å². The predicted molar refractivity (Wildman–Crippen MR) is 58.5 cm³/mol. The molecule has 0 aromatic rings. The van der Waals surface area contributed by atoms with Crippen LogP contribution in [0.25, 0.3) is 0 Å². The van der Waals surface area contributed by atoms with Crippen LogP contribution in [-0.4, -0.2) is 41.0 Å². The molecule has 82 valence electrons. The lowest BCUT2D eigenvalue weighted by Gasteiger charge is -2.48. The molecule has 0 aliphatic carbocycles. The average Bonchev–Trinajstić information content (AvgIpc) is 2.20. The summed E-state index contributed by atoms with van der Waals surface area (Å²) in [5, 5.41) is 10.5. The second-order valence-corrected chi connectivity index (χ2v) is 5.68. The van der Waals surface area contributed by atoms with E-state index in [0.717, 1.165) is 43.8 Å². The number of thioether (sulfide) groups is 1. The molecule has 2 rings (SSSR count). The van der Waals surface area contributed by atoms with Crippen molar-refractivity contribution in [2.75, 3.05) is 24.7 Å². The van der Waals surface area contributed by atoms with Gasteiger partial charge in [-0.1, -0.05) is 0 Å². The molecule has 0 aromatic carbocycles. The van der Waals surface area contributed by atoms with E-state index in [2.05, 4.69) is 0 Å². The third kappa shape index (κ3) is 1.81. The maximum Gasteiger partial charge on any atom is 0.106 e. The van der Waals surface area contributed by atoms with Gasteiger partial charge < -0.3 is 15.6 Å². The van der Waals surface area contributed by atoms with E-state index in [9.17, 15) is 5.11 Å². The zero-order valence-electron chi connectivity index (χ0n) is 8.50. The van der Waals surface area contributed by atoms with Gasteiger partial charge in [-0.25, -0.2) is 0 Å². The molecule has 1 atom stereocenters. The topological polar surface area (TPSA) is 55.5 Å². The Balaban J connectivity index is 2.09. The Hall–Kier alpha value is 0.230. The van der Waals surface area contributed by atoms with Crippen LogP contribution >= 0.6 is 11.8 Å². The van der Waals surface area contributed by atoms with E-state index >= 15 is 0 Å². The monoisotopic (exact) mass is 217 g/mol. The molecule has 0 saturated carbocycles. The minimum Gasteiger partial charge on any atom is -0.386 e. The van der Waals surface area contributed by atoms with Gasteiger partial charge in [-0.2, -0.15) is 11.8 Å². The van der Waals surface area contributed by atoms with E-state index in [4.69, 9.17) is 10.5 Å². The SMILES string of the molecule is NC1(C2(O)CCCOC2)CCSCC1. The van der Waals surface area contributed by atoms with Gasteiger partial charge in [0.2, 0.25) is 0 Å². The number of hydrogen-bond donors (Lipinski definition) is 2. The van der Waals surface area contributed by atoms with Crippen LogP contribution in [0, 0.1) is 0 Å². The first-order valence-electron chi connectivity index (χ1n) is 5.33. The highest BCUT2D eigenvalue weighted by atomic mass is 32.2. The molecule has 0 radical (unpaired) electrons. The molecule has 3 nitrogen and oxygen atoms in total. The molecule has 2 saturated heterocycles. The van der Waals surface area contributed by atoms with Crippen molar-refractivity contribution in [1.82, 2.24) is 0 Å². The summed E-state index contributed by atoms with van der Waals surface area (Å²) < 4.78 is 5.37. The molecule has 0 spiro atoms. The van der Waals surface area contributed by atoms with Crippen molar-refractivity contribution < 1.29 is 9.84 Å². The molecule has 14 heavy (non-hydrogen) atoms. The van der Waals surface area contributed by atoms with E-state index in [0.29, 0.717) is 6.61 Å². The number of rotatable bonds is 1. The van der Waals surface area contributed by atoms with Gasteiger partial charge >= 0.3 is 0 Å². The molecule has 0 aromatic heterocycles. The van der Waals surface area contributed by atoms with Gasteiger partial charge in [-0.05, 0) is 37.2 Å². The van der Waals surface area contributed by atoms with Crippen LogP contribution in [0.1, 0.15) is 25.7 Å². The van der Waals surface area contributed by atoms with Gasteiger partial charge in [0.25, 0.3) is 0 Å². The largest absolute Gasteiger partial charge is 0.386 e. The van der Waals surface area contributed by atoms with Crippen molar-refractivity contribution in [2.45, 2.75) is 36.8 Å². The van der Waals surface area contributed by atoms with Crippen molar-refractivity contribution in [2.24, 2.45) is 5.73 Å². The summed E-state index contributed by atoms with van der Waals surface area (Å²) in [4.78, 5) is 0. The zero-order valence-corrected chi connectivity index (χ0v) is 9.31. The second-order valence-electron chi connectivity index (χ2n) is 4.46. The summed E-state index contributed by atoms with van der Waals surface area (Å²) in [6.45, 7) is 1.20. The zero-order chi connectivity index (χ0) is 10.1. The summed E-state index contributed by atoms with van der Waals surface area (Å²) >= 11 is 1.93. The lowest BCUT2D eigenvalue weighted by atomic mass is 9.73. The van der Waals surface area contributed by atoms with Gasteiger partial charge in [0.1, 0.15) is 5.60 Å². The molecule has 4 heteroatoms. The molecule has 3 N–H and O–H groups in total. The van der Waals surface area contributed by atoms with Crippen molar-refractivity contribution in [3.05, 3.63) is 0 Å². The molecule has 2 fully saturated rings. The fourth-order valence-corrected chi connectivity index (χ4v) is 3.59. The molecule has 2 heterocycles. The summed E-state index contributed by atoms with van der Waals surface area (Å²) in [5.74, 6) is 2.14. The molecule has 0 bridgehead atoms. The fourth-order valence-electron chi connectivity index (χ4n) is 2.37. The summed E-state index contributed by atoms with van der Waals surface area (Å²) in [7, 11) is 0. The van der Waals surface area contributed by atoms with Gasteiger partial charge in [-0.15, -0.1) is 0 Å². The van der Waals surface area contributed by atoms with Gasteiger partial charge in [0, 0.05) is 12.1 Å². The predicted octanol–water partition coefficient (Wildman–Crippen LogP) is 0.752. The van der Waals surface area contributed by atoms with Crippen molar-refractivity contribution in [1.29, 1.82) is 0 Å². The van der Waals surface area contributed by atoms with Crippen LogP contribution in [0.15, 0.2) is 0 Å². The van der Waals surface area contributed by atoms with E-state index in [1.54, 1.807) is 0 Å². The third-order valence-electron chi connectivity index (χ3n) is 3.53. The lowest BCUT2D eigenvalue weighted by molar-refractivity contribution is -0.131. The Morgan fingerprint density at radius 3 is 2.50 bits per heavy atom. The highest BCUT2D eigenvalue weighted by molar-refractivity contribution is 7.99. The second kappa shape index (κ2) is 4.00. The van der Waals surface area contributed by atoms with E-state index in [-0.39, 0.29) is 0 Å². The fraction of sp³-hybridized carbons (Fsp3) is 1.00.